The molecular weight excluding hydrogens is 400 g/mol. The van der Waals surface area contributed by atoms with E-state index in [2.05, 4.69) is 27.3 Å². The molecule has 0 radical (unpaired) electrons. The summed E-state index contributed by atoms with van der Waals surface area (Å²) >= 11 is 0. The van der Waals surface area contributed by atoms with Crippen molar-refractivity contribution in [3.63, 3.8) is 0 Å². The predicted octanol–water partition coefficient (Wildman–Crippen LogP) is 4.47. The number of carbonyl (C=O) groups excluding carboxylic acids is 1. The molecule has 0 aliphatic carbocycles. The molecule has 166 valence electrons. The largest absolute Gasteiger partial charge is 0.494 e. The summed E-state index contributed by atoms with van der Waals surface area (Å²) < 4.78 is 5.60. The van der Waals surface area contributed by atoms with Gasteiger partial charge >= 0.3 is 0 Å². The molecule has 1 amide bonds. The van der Waals surface area contributed by atoms with Crippen molar-refractivity contribution < 1.29 is 9.53 Å². The van der Waals surface area contributed by atoms with Gasteiger partial charge in [0.15, 0.2) is 5.82 Å². The van der Waals surface area contributed by atoms with E-state index in [1.807, 2.05) is 66.7 Å². The van der Waals surface area contributed by atoms with Crippen LogP contribution in [0.2, 0.25) is 0 Å². The number of ether oxygens (including phenoxy) is 1. The summed E-state index contributed by atoms with van der Waals surface area (Å²) in [6.07, 6.45) is 2.62. The average molecular weight is 431 g/mol. The first kappa shape index (κ1) is 21.8. The second kappa shape index (κ2) is 10.8. The maximum absolute atomic E-state index is 12.6. The van der Waals surface area contributed by atoms with Gasteiger partial charge in [0.2, 0.25) is 5.91 Å². The first-order valence-corrected chi connectivity index (χ1v) is 11.4. The van der Waals surface area contributed by atoms with Gasteiger partial charge in [-0.05, 0) is 49.1 Å². The molecule has 3 aromatic rings. The van der Waals surface area contributed by atoms with Crippen LogP contribution in [0.3, 0.4) is 0 Å². The Morgan fingerprint density at radius 3 is 2.41 bits per heavy atom. The minimum Gasteiger partial charge on any atom is -0.494 e. The van der Waals surface area contributed by atoms with Crippen LogP contribution in [0.15, 0.2) is 66.7 Å². The quantitative estimate of drug-likeness (QED) is 0.571. The molecule has 0 spiro atoms. The van der Waals surface area contributed by atoms with Gasteiger partial charge in [-0.2, -0.15) is 0 Å². The molecule has 6 nitrogen and oxygen atoms in total. The number of piperidine rings is 1. The summed E-state index contributed by atoms with van der Waals surface area (Å²) in [5, 5.41) is 11.9. The minimum atomic E-state index is 0.0370. The highest BCUT2D eigenvalue weighted by molar-refractivity contribution is 5.79. The van der Waals surface area contributed by atoms with Crippen LogP contribution >= 0.6 is 0 Å². The summed E-state index contributed by atoms with van der Waals surface area (Å²) in [5.41, 5.74) is 3.01. The Hall–Kier alpha value is -3.41. The lowest BCUT2D eigenvalue weighted by atomic mass is 9.96. The Bertz CT molecular complexity index is 983. The number of aromatic nitrogens is 2. The fraction of sp³-hybridized carbons (Fsp3) is 0.346. The van der Waals surface area contributed by atoms with E-state index in [1.165, 1.54) is 0 Å². The lowest BCUT2D eigenvalue weighted by Crippen LogP contribution is -2.40. The Morgan fingerprint density at radius 1 is 1.00 bits per heavy atom. The molecule has 2 heterocycles. The number of anilines is 1. The number of rotatable bonds is 8. The number of hydrogen-bond donors (Lipinski definition) is 1. The van der Waals surface area contributed by atoms with Gasteiger partial charge in [0.05, 0.1) is 12.3 Å². The van der Waals surface area contributed by atoms with Crippen LogP contribution in [0.25, 0.3) is 11.3 Å². The number of amides is 1. The van der Waals surface area contributed by atoms with Crippen LogP contribution in [0.1, 0.15) is 31.7 Å². The van der Waals surface area contributed by atoms with Gasteiger partial charge in [-0.3, -0.25) is 4.79 Å². The highest BCUT2D eigenvalue weighted by Crippen LogP contribution is 2.23. The van der Waals surface area contributed by atoms with Gasteiger partial charge in [-0.15, -0.1) is 10.2 Å². The zero-order valence-corrected chi connectivity index (χ0v) is 18.5. The fourth-order valence-electron chi connectivity index (χ4n) is 3.88. The Morgan fingerprint density at radius 2 is 1.75 bits per heavy atom. The molecule has 0 saturated carbocycles. The summed E-state index contributed by atoms with van der Waals surface area (Å²) in [4.78, 5) is 14.9. The van der Waals surface area contributed by atoms with Gasteiger partial charge < -0.3 is 15.0 Å². The van der Waals surface area contributed by atoms with E-state index in [9.17, 15) is 4.79 Å². The van der Waals surface area contributed by atoms with Gasteiger partial charge in [-0.1, -0.05) is 49.4 Å². The average Bonchev–Trinajstić information content (AvgIpc) is 2.87. The van der Waals surface area contributed by atoms with Crippen molar-refractivity contribution in [1.29, 1.82) is 0 Å². The normalized spacial score (nSPS) is 14.2. The molecule has 2 aromatic carbocycles. The second-order valence-electron chi connectivity index (χ2n) is 8.11. The first-order valence-electron chi connectivity index (χ1n) is 11.4. The number of nitrogens with zero attached hydrogens (tertiary/aromatic N) is 3. The van der Waals surface area contributed by atoms with Crippen LogP contribution < -0.4 is 15.0 Å². The van der Waals surface area contributed by atoms with Crippen molar-refractivity contribution in [3.8, 4) is 17.0 Å². The van der Waals surface area contributed by atoms with E-state index in [-0.39, 0.29) is 11.8 Å². The molecule has 4 rings (SSSR count). The molecule has 1 saturated heterocycles. The lowest BCUT2D eigenvalue weighted by Gasteiger charge is -2.31. The summed E-state index contributed by atoms with van der Waals surface area (Å²) in [7, 11) is 0. The van der Waals surface area contributed by atoms with Gasteiger partial charge in [-0.25, -0.2) is 0 Å². The van der Waals surface area contributed by atoms with E-state index in [0.29, 0.717) is 6.54 Å². The summed E-state index contributed by atoms with van der Waals surface area (Å²) in [5.74, 6) is 1.90. The highest BCUT2D eigenvalue weighted by atomic mass is 16.5. The smallest absolute Gasteiger partial charge is 0.223 e. The second-order valence-corrected chi connectivity index (χ2v) is 8.11. The molecule has 6 heteroatoms. The summed E-state index contributed by atoms with van der Waals surface area (Å²) in [6.45, 7) is 4.96. The van der Waals surface area contributed by atoms with Crippen molar-refractivity contribution in [2.45, 2.75) is 32.7 Å². The number of nitrogens with one attached hydrogen (secondary N) is 1. The third-order valence-electron chi connectivity index (χ3n) is 5.77. The molecule has 1 fully saturated rings. The Kier molecular flexibility index (Phi) is 7.33. The Balaban J connectivity index is 1.24. The number of carbonyl (C=O) groups is 1. The van der Waals surface area contributed by atoms with Crippen LogP contribution in [0.5, 0.6) is 5.75 Å². The van der Waals surface area contributed by atoms with Crippen molar-refractivity contribution >= 4 is 11.7 Å². The maximum Gasteiger partial charge on any atom is 0.223 e. The molecule has 1 N–H and O–H groups in total. The Labute approximate surface area is 189 Å². The SMILES string of the molecule is CCCOc1ccc(CNC(=O)C2CCN(c3ccc(-c4ccccc4)nn3)CC2)cc1. The number of benzene rings is 2. The summed E-state index contributed by atoms with van der Waals surface area (Å²) in [6, 6.07) is 22.0. The van der Waals surface area contributed by atoms with Crippen molar-refractivity contribution in [1.82, 2.24) is 15.5 Å². The molecule has 1 aliphatic heterocycles. The molecule has 0 atom stereocenters. The molecule has 0 bridgehead atoms. The third-order valence-corrected chi connectivity index (χ3v) is 5.77. The van der Waals surface area contributed by atoms with Crippen LogP contribution in [-0.4, -0.2) is 35.8 Å². The standard InChI is InChI=1S/C26H30N4O2/c1-2-18-32-23-10-8-20(9-11-23)19-27-26(31)22-14-16-30(17-15-22)25-13-12-24(28-29-25)21-6-4-3-5-7-21/h3-13,22H,2,14-19H2,1H3,(H,27,31). The van der Waals surface area contributed by atoms with Crippen LogP contribution in [-0.2, 0) is 11.3 Å². The third kappa shape index (κ3) is 5.63. The van der Waals surface area contributed by atoms with E-state index in [1.54, 1.807) is 0 Å². The molecule has 0 unspecified atom stereocenters. The van der Waals surface area contributed by atoms with Gasteiger partial charge in [0.25, 0.3) is 0 Å². The molecule has 32 heavy (non-hydrogen) atoms. The molecule has 1 aromatic heterocycles. The van der Waals surface area contributed by atoms with E-state index in [0.717, 1.165) is 67.3 Å². The van der Waals surface area contributed by atoms with Gasteiger partial charge in [0.1, 0.15) is 5.75 Å². The lowest BCUT2D eigenvalue weighted by molar-refractivity contribution is -0.125. The number of hydrogen-bond acceptors (Lipinski definition) is 5. The van der Waals surface area contributed by atoms with E-state index < -0.39 is 0 Å². The minimum absolute atomic E-state index is 0.0370. The fourth-order valence-corrected chi connectivity index (χ4v) is 3.88. The van der Waals surface area contributed by atoms with Crippen molar-refractivity contribution in [2.75, 3.05) is 24.6 Å². The van der Waals surface area contributed by atoms with Crippen molar-refractivity contribution in [2.24, 2.45) is 5.92 Å². The molecule has 1 aliphatic rings. The predicted molar refractivity (Wildman–Crippen MR) is 126 cm³/mol. The van der Waals surface area contributed by atoms with E-state index in [4.69, 9.17) is 4.74 Å². The monoisotopic (exact) mass is 430 g/mol. The van der Waals surface area contributed by atoms with Gasteiger partial charge in [0, 0.05) is 31.1 Å². The zero-order valence-electron chi connectivity index (χ0n) is 18.5. The highest BCUT2D eigenvalue weighted by Gasteiger charge is 2.25. The zero-order chi connectivity index (χ0) is 22.2. The van der Waals surface area contributed by atoms with Crippen LogP contribution in [0, 0.1) is 5.92 Å². The maximum atomic E-state index is 12.6. The topological polar surface area (TPSA) is 67.3 Å². The van der Waals surface area contributed by atoms with E-state index >= 15 is 0 Å². The van der Waals surface area contributed by atoms with Crippen LogP contribution in [0.4, 0.5) is 5.82 Å². The van der Waals surface area contributed by atoms with Crippen molar-refractivity contribution in [3.05, 3.63) is 72.3 Å². The first-order chi connectivity index (χ1) is 15.7. The molecular formula is C26H30N4O2.